The van der Waals surface area contributed by atoms with Crippen LogP contribution in [0.15, 0.2) is 40.2 Å². The summed E-state index contributed by atoms with van der Waals surface area (Å²) in [4.78, 5) is 20.1. The Morgan fingerprint density at radius 3 is 3.00 bits per heavy atom. The minimum atomic E-state index is -0.0165. The maximum absolute atomic E-state index is 12.3. The summed E-state index contributed by atoms with van der Waals surface area (Å²) in [7, 11) is 0. The molecule has 0 spiro atoms. The summed E-state index contributed by atoms with van der Waals surface area (Å²) in [6, 6.07) is 10.4. The van der Waals surface area contributed by atoms with E-state index in [4.69, 9.17) is 4.52 Å². The van der Waals surface area contributed by atoms with E-state index in [1.54, 1.807) is 11.3 Å². The van der Waals surface area contributed by atoms with Crippen LogP contribution in [0, 0.1) is 13.8 Å². The van der Waals surface area contributed by atoms with Crippen molar-refractivity contribution >= 4 is 17.2 Å². The molecule has 6 heteroatoms. The minimum absolute atomic E-state index is 0.0165. The molecule has 0 radical (unpaired) electrons. The fourth-order valence-electron chi connectivity index (χ4n) is 3.34. The van der Waals surface area contributed by atoms with Gasteiger partial charge >= 0.3 is 0 Å². The first-order chi connectivity index (χ1) is 12.6. The van der Waals surface area contributed by atoms with Gasteiger partial charge < -0.3 is 9.42 Å². The number of aromatic nitrogens is 2. The van der Waals surface area contributed by atoms with Crippen molar-refractivity contribution in [2.45, 2.75) is 32.6 Å². The molecule has 26 heavy (non-hydrogen) atoms. The molecule has 1 saturated heterocycles. The predicted octanol–water partition coefficient (Wildman–Crippen LogP) is 3.97. The number of rotatable bonds is 5. The molecule has 1 aliphatic rings. The maximum Gasteiger partial charge on any atom is 0.232 e. The van der Waals surface area contributed by atoms with Gasteiger partial charge in [-0.25, -0.2) is 0 Å². The summed E-state index contributed by atoms with van der Waals surface area (Å²) in [5.74, 6) is 1.31. The number of carbonyl (C=O) groups is 1. The molecule has 1 unspecified atom stereocenters. The number of thiophene rings is 1. The molecule has 0 bridgehead atoms. The van der Waals surface area contributed by atoms with Gasteiger partial charge in [-0.15, -0.1) is 11.3 Å². The third-order valence-electron chi connectivity index (χ3n) is 4.85. The van der Waals surface area contributed by atoms with E-state index in [1.165, 1.54) is 4.88 Å². The molecular formula is C20H21N3O2S. The van der Waals surface area contributed by atoms with Crippen molar-refractivity contribution in [2.75, 3.05) is 13.1 Å². The Bertz CT molecular complexity index is 917. The quantitative estimate of drug-likeness (QED) is 0.684. The molecule has 1 fully saturated rings. The highest BCUT2D eigenvalue weighted by atomic mass is 32.1. The van der Waals surface area contributed by atoms with Gasteiger partial charge in [-0.05, 0) is 43.3 Å². The second-order valence-corrected chi connectivity index (χ2v) is 7.88. The molecule has 0 saturated carbocycles. The van der Waals surface area contributed by atoms with Crippen molar-refractivity contribution in [3.63, 3.8) is 0 Å². The fraction of sp³-hybridized carbons (Fsp3) is 0.350. The van der Waals surface area contributed by atoms with Crippen LogP contribution in [0.25, 0.3) is 11.4 Å². The van der Waals surface area contributed by atoms with Gasteiger partial charge in [-0.3, -0.25) is 4.79 Å². The van der Waals surface area contributed by atoms with Crippen molar-refractivity contribution in [2.24, 2.45) is 0 Å². The van der Waals surface area contributed by atoms with Gasteiger partial charge in [0.15, 0.2) is 0 Å². The Hall–Kier alpha value is -2.47. The van der Waals surface area contributed by atoms with Crippen LogP contribution in [-0.4, -0.2) is 34.0 Å². The Morgan fingerprint density at radius 2 is 2.19 bits per heavy atom. The second kappa shape index (κ2) is 7.03. The minimum Gasteiger partial charge on any atom is -0.342 e. The van der Waals surface area contributed by atoms with Crippen molar-refractivity contribution in [3.8, 4) is 11.4 Å². The first-order valence-corrected chi connectivity index (χ1v) is 9.69. The van der Waals surface area contributed by atoms with E-state index in [2.05, 4.69) is 39.8 Å². The average molecular weight is 367 g/mol. The molecule has 3 aromatic rings. The number of amides is 1. The van der Waals surface area contributed by atoms with E-state index in [1.807, 2.05) is 24.8 Å². The number of hydrogen-bond acceptors (Lipinski definition) is 5. The van der Waals surface area contributed by atoms with E-state index >= 15 is 0 Å². The molecule has 4 rings (SSSR count). The van der Waals surface area contributed by atoms with Crippen LogP contribution < -0.4 is 0 Å². The summed E-state index contributed by atoms with van der Waals surface area (Å²) in [5.41, 5.74) is 3.26. The van der Waals surface area contributed by atoms with Crippen LogP contribution in [0.2, 0.25) is 0 Å². The van der Waals surface area contributed by atoms with Gasteiger partial charge in [0.25, 0.3) is 0 Å². The van der Waals surface area contributed by atoms with Crippen LogP contribution in [-0.2, 0) is 11.2 Å². The van der Waals surface area contributed by atoms with E-state index in [-0.39, 0.29) is 11.8 Å². The highest BCUT2D eigenvalue weighted by molar-refractivity contribution is 7.09. The summed E-state index contributed by atoms with van der Waals surface area (Å²) in [5, 5.41) is 6.22. The third kappa shape index (κ3) is 3.42. The van der Waals surface area contributed by atoms with Crippen molar-refractivity contribution in [1.29, 1.82) is 0 Å². The summed E-state index contributed by atoms with van der Waals surface area (Å²) in [6.45, 7) is 5.48. The van der Waals surface area contributed by atoms with Crippen molar-refractivity contribution in [3.05, 3.63) is 57.6 Å². The first kappa shape index (κ1) is 17.0. The molecule has 0 aliphatic carbocycles. The molecule has 5 nitrogen and oxygen atoms in total. The lowest BCUT2D eigenvalue weighted by Crippen LogP contribution is -2.27. The van der Waals surface area contributed by atoms with Crippen LogP contribution in [0.1, 0.15) is 34.2 Å². The van der Waals surface area contributed by atoms with Gasteiger partial charge in [-0.1, -0.05) is 28.9 Å². The summed E-state index contributed by atoms with van der Waals surface area (Å²) in [6.07, 6.45) is 1.34. The van der Waals surface area contributed by atoms with E-state index < -0.39 is 0 Å². The molecule has 0 N–H and O–H groups in total. The predicted molar refractivity (Wildman–Crippen MR) is 101 cm³/mol. The maximum atomic E-state index is 12.3. The molecule has 3 heterocycles. The van der Waals surface area contributed by atoms with E-state index in [0.717, 1.165) is 29.7 Å². The number of aryl methyl sites for hydroxylation is 2. The third-order valence-corrected chi connectivity index (χ3v) is 5.78. The second-order valence-electron chi connectivity index (χ2n) is 6.84. The van der Waals surface area contributed by atoms with Gasteiger partial charge in [-0.2, -0.15) is 4.98 Å². The SMILES string of the molecule is Cc1ccc(C)c(-c2noc(C3CC(=O)N(CCc4cccs4)C3)n2)c1. The molecule has 1 aliphatic heterocycles. The number of carbonyl (C=O) groups excluding carboxylic acids is 1. The Kier molecular flexibility index (Phi) is 4.59. The van der Waals surface area contributed by atoms with Crippen LogP contribution >= 0.6 is 11.3 Å². The molecule has 1 atom stereocenters. The van der Waals surface area contributed by atoms with Gasteiger partial charge in [0.1, 0.15) is 0 Å². The lowest BCUT2D eigenvalue weighted by atomic mass is 10.1. The number of hydrogen-bond donors (Lipinski definition) is 0. The number of benzene rings is 1. The smallest absolute Gasteiger partial charge is 0.232 e. The largest absolute Gasteiger partial charge is 0.342 e. The molecule has 1 amide bonds. The zero-order chi connectivity index (χ0) is 18.1. The van der Waals surface area contributed by atoms with Crippen LogP contribution in [0.5, 0.6) is 0 Å². The molecule has 1 aromatic carbocycles. The summed E-state index contributed by atoms with van der Waals surface area (Å²) < 4.78 is 5.51. The standard InChI is InChI=1S/C20H21N3O2S/c1-13-5-6-14(2)17(10-13)19-21-20(25-22-19)15-11-18(24)23(12-15)8-7-16-4-3-9-26-16/h3-6,9-10,15H,7-8,11-12H2,1-2H3. The van der Waals surface area contributed by atoms with Crippen LogP contribution in [0.3, 0.4) is 0 Å². The van der Waals surface area contributed by atoms with Gasteiger partial charge in [0.2, 0.25) is 17.6 Å². The van der Waals surface area contributed by atoms with E-state index in [9.17, 15) is 4.79 Å². The Labute approximate surface area is 156 Å². The number of likely N-dealkylation sites (tertiary alicyclic amines) is 1. The highest BCUT2D eigenvalue weighted by Crippen LogP contribution is 2.30. The molecule has 2 aromatic heterocycles. The molecular weight excluding hydrogens is 346 g/mol. The zero-order valence-corrected chi connectivity index (χ0v) is 15.8. The van der Waals surface area contributed by atoms with Gasteiger partial charge in [0.05, 0.1) is 5.92 Å². The van der Waals surface area contributed by atoms with Gasteiger partial charge in [0, 0.05) is 30.0 Å². The molecule has 134 valence electrons. The normalized spacial score (nSPS) is 17.2. The highest BCUT2D eigenvalue weighted by Gasteiger charge is 2.34. The van der Waals surface area contributed by atoms with Crippen LogP contribution in [0.4, 0.5) is 0 Å². The number of nitrogens with zero attached hydrogens (tertiary/aromatic N) is 3. The van der Waals surface area contributed by atoms with E-state index in [0.29, 0.717) is 24.7 Å². The van der Waals surface area contributed by atoms with Crippen molar-refractivity contribution < 1.29 is 9.32 Å². The first-order valence-electron chi connectivity index (χ1n) is 8.81. The average Bonchev–Trinajstić information content (AvgIpc) is 3.35. The van der Waals surface area contributed by atoms with Crippen molar-refractivity contribution in [1.82, 2.24) is 15.0 Å². The Morgan fingerprint density at radius 1 is 1.31 bits per heavy atom. The fourth-order valence-corrected chi connectivity index (χ4v) is 4.04. The lowest BCUT2D eigenvalue weighted by molar-refractivity contribution is -0.127. The zero-order valence-electron chi connectivity index (χ0n) is 14.9. The lowest BCUT2D eigenvalue weighted by Gasteiger charge is -2.15. The topological polar surface area (TPSA) is 59.2 Å². The summed E-state index contributed by atoms with van der Waals surface area (Å²) >= 11 is 1.73. The monoisotopic (exact) mass is 367 g/mol. The Balaban J connectivity index is 1.46.